The fourth-order valence-electron chi connectivity index (χ4n) is 1.82. The molecule has 1 aliphatic heterocycles. The minimum atomic E-state index is -1.15. The van der Waals surface area contributed by atoms with E-state index in [9.17, 15) is 14.4 Å². The van der Waals surface area contributed by atoms with Crippen LogP contribution in [0, 0.1) is 5.92 Å². The van der Waals surface area contributed by atoms with E-state index in [-0.39, 0.29) is 31.0 Å². The second-order valence-electron chi connectivity index (χ2n) is 3.99. The van der Waals surface area contributed by atoms with E-state index in [4.69, 9.17) is 14.2 Å². The number of nitrogens with one attached hydrogen (secondary N) is 1. The Morgan fingerprint density at radius 3 is 1.71 bits per heavy atom. The van der Waals surface area contributed by atoms with E-state index < -0.39 is 23.8 Å². The SMILES string of the molecule is CCOC(=O)C1=CNC=C(C(=O)OCC)C1C(=O)OCC. The number of hydrogen-bond donors (Lipinski definition) is 1. The molecule has 0 bridgehead atoms. The van der Waals surface area contributed by atoms with Crippen LogP contribution in [-0.4, -0.2) is 37.7 Å². The lowest BCUT2D eigenvalue weighted by Crippen LogP contribution is -2.34. The Labute approximate surface area is 122 Å². The zero-order valence-electron chi connectivity index (χ0n) is 12.3. The Morgan fingerprint density at radius 1 is 0.905 bits per heavy atom. The summed E-state index contributed by atoms with van der Waals surface area (Å²) in [5.74, 6) is -3.21. The number of esters is 3. The smallest absolute Gasteiger partial charge is 0.336 e. The highest BCUT2D eigenvalue weighted by Crippen LogP contribution is 2.26. The van der Waals surface area contributed by atoms with Crippen molar-refractivity contribution < 1.29 is 28.6 Å². The van der Waals surface area contributed by atoms with Crippen molar-refractivity contribution in [2.45, 2.75) is 20.8 Å². The van der Waals surface area contributed by atoms with Gasteiger partial charge in [0.1, 0.15) is 5.92 Å². The molecule has 0 saturated heterocycles. The highest BCUT2D eigenvalue weighted by atomic mass is 16.5. The third-order valence-corrected chi connectivity index (χ3v) is 2.64. The van der Waals surface area contributed by atoms with Crippen molar-refractivity contribution in [2.75, 3.05) is 19.8 Å². The third kappa shape index (κ3) is 4.08. The van der Waals surface area contributed by atoms with Gasteiger partial charge in [-0.25, -0.2) is 9.59 Å². The van der Waals surface area contributed by atoms with Gasteiger partial charge in [-0.05, 0) is 20.8 Å². The first kappa shape index (κ1) is 16.7. The van der Waals surface area contributed by atoms with E-state index >= 15 is 0 Å². The third-order valence-electron chi connectivity index (χ3n) is 2.64. The fraction of sp³-hybridized carbons (Fsp3) is 0.500. The largest absolute Gasteiger partial charge is 0.465 e. The number of hydrogen-bond acceptors (Lipinski definition) is 7. The quantitative estimate of drug-likeness (QED) is 0.569. The highest BCUT2D eigenvalue weighted by Gasteiger charge is 2.38. The summed E-state index contributed by atoms with van der Waals surface area (Å²) < 4.78 is 14.7. The Kier molecular flexibility index (Phi) is 6.45. The fourth-order valence-corrected chi connectivity index (χ4v) is 1.82. The molecule has 0 aromatic heterocycles. The maximum atomic E-state index is 12.1. The molecule has 1 aliphatic rings. The van der Waals surface area contributed by atoms with Crippen LogP contribution in [-0.2, 0) is 28.6 Å². The molecule has 0 fully saturated rings. The van der Waals surface area contributed by atoms with Crippen molar-refractivity contribution in [3.63, 3.8) is 0 Å². The van der Waals surface area contributed by atoms with E-state index in [0.717, 1.165) is 0 Å². The molecule has 0 aromatic carbocycles. The van der Waals surface area contributed by atoms with Crippen LogP contribution in [0.5, 0.6) is 0 Å². The van der Waals surface area contributed by atoms with Crippen LogP contribution in [0.2, 0.25) is 0 Å². The van der Waals surface area contributed by atoms with Gasteiger partial charge < -0.3 is 19.5 Å². The molecule has 1 N–H and O–H groups in total. The second kappa shape index (κ2) is 8.08. The number of carbonyl (C=O) groups is 3. The lowest BCUT2D eigenvalue weighted by Gasteiger charge is -2.22. The number of rotatable bonds is 6. The monoisotopic (exact) mass is 297 g/mol. The van der Waals surface area contributed by atoms with E-state index in [1.165, 1.54) is 12.4 Å². The normalized spacial score (nSPS) is 14.4. The van der Waals surface area contributed by atoms with Crippen molar-refractivity contribution in [3.8, 4) is 0 Å². The summed E-state index contributed by atoms with van der Waals surface area (Å²) in [6.45, 7) is 5.39. The highest BCUT2D eigenvalue weighted by molar-refractivity contribution is 6.04. The topological polar surface area (TPSA) is 90.9 Å². The average Bonchev–Trinajstić information content (AvgIpc) is 2.47. The van der Waals surface area contributed by atoms with Crippen molar-refractivity contribution in [2.24, 2.45) is 5.92 Å². The first-order valence-electron chi connectivity index (χ1n) is 6.73. The molecular weight excluding hydrogens is 278 g/mol. The molecule has 0 spiro atoms. The minimum absolute atomic E-state index is 0.0147. The summed E-state index contributed by atoms with van der Waals surface area (Å²) in [6, 6.07) is 0. The molecule has 0 unspecified atom stereocenters. The summed E-state index contributed by atoms with van der Waals surface area (Å²) in [4.78, 5) is 35.9. The van der Waals surface area contributed by atoms with Crippen molar-refractivity contribution >= 4 is 17.9 Å². The summed E-state index contributed by atoms with van der Waals surface area (Å²) in [5, 5.41) is 2.66. The number of carbonyl (C=O) groups excluding carboxylic acids is 3. The van der Waals surface area contributed by atoms with Crippen LogP contribution in [0.15, 0.2) is 23.5 Å². The van der Waals surface area contributed by atoms with Crippen LogP contribution < -0.4 is 5.32 Å². The molecule has 7 nitrogen and oxygen atoms in total. The zero-order valence-corrected chi connectivity index (χ0v) is 12.3. The van der Waals surface area contributed by atoms with Gasteiger partial charge in [0, 0.05) is 12.4 Å². The van der Waals surface area contributed by atoms with Crippen LogP contribution in [0.4, 0.5) is 0 Å². The molecule has 0 saturated carbocycles. The minimum Gasteiger partial charge on any atom is -0.465 e. The first-order valence-corrected chi connectivity index (χ1v) is 6.73. The van der Waals surface area contributed by atoms with Crippen molar-refractivity contribution in [1.29, 1.82) is 0 Å². The Balaban J connectivity index is 3.09. The van der Waals surface area contributed by atoms with Gasteiger partial charge >= 0.3 is 17.9 Å². The predicted octanol–water partition coefficient (Wildman–Crippen LogP) is 0.663. The maximum absolute atomic E-state index is 12.1. The second-order valence-corrected chi connectivity index (χ2v) is 3.99. The van der Waals surface area contributed by atoms with Crippen LogP contribution >= 0.6 is 0 Å². The van der Waals surface area contributed by atoms with Crippen LogP contribution in [0.1, 0.15) is 20.8 Å². The van der Waals surface area contributed by atoms with Gasteiger partial charge in [-0.1, -0.05) is 0 Å². The molecule has 7 heteroatoms. The molecule has 1 heterocycles. The molecular formula is C14H19NO6. The molecule has 1 rings (SSSR count). The van der Waals surface area contributed by atoms with Gasteiger partial charge in [-0.2, -0.15) is 0 Å². The Hall–Kier alpha value is -2.31. The molecule has 21 heavy (non-hydrogen) atoms. The Bertz CT molecular complexity index is 446. The van der Waals surface area contributed by atoms with Crippen molar-refractivity contribution in [3.05, 3.63) is 23.5 Å². The van der Waals surface area contributed by atoms with Gasteiger partial charge in [0.15, 0.2) is 0 Å². The van der Waals surface area contributed by atoms with E-state index in [1.807, 2.05) is 0 Å². The molecule has 0 aromatic rings. The number of dihydropyridines is 1. The van der Waals surface area contributed by atoms with Gasteiger partial charge in [-0.3, -0.25) is 4.79 Å². The lowest BCUT2D eigenvalue weighted by molar-refractivity contribution is -0.151. The summed E-state index contributed by atoms with van der Waals surface area (Å²) in [5.41, 5.74) is 0.0294. The summed E-state index contributed by atoms with van der Waals surface area (Å²) in [6.07, 6.45) is 2.64. The van der Waals surface area contributed by atoms with Crippen molar-refractivity contribution in [1.82, 2.24) is 5.32 Å². The zero-order chi connectivity index (χ0) is 15.8. The predicted molar refractivity (Wildman–Crippen MR) is 72.7 cm³/mol. The first-order chi connectivity index (χ1) is 10.1. The standard InChI is InChI=1S/C14H19NO6/c1-4-19-12(16)9-7-15-8-10(13(17)20-5-2)11(9)14(18)21-6-3/h7-8,11,15H,4-6H2,1-3H3. The summed E-state index contributed by atoms with van der Waals surface area (Å²) in [7, 11) is 0. The van der Waals surface area contributed by atoms with E-state index in [0.29, 0.717) is 0 Å². The molecule has 116 valence electrons. The Morgan fingerprint density at radius 2 is 1.33 bits per heavy atom. The van der Waals surface area contributed by atoms with Crippen LogP contribution in [0.25, 0.3) is 0 Å². The molecule has 0 aliphatic carbocycles. The number of ether oxygens (including phenoxy) is 3. The average molecular weight is 297 g/mol. The summed E-state index contributed by atoms with van der Waals surface area (Å²) >= 11 is 0. The lowest BCUT2D eigenvalue weighted by atomic mass is 9.90. The van der Waals surface area contributed by atoms with Gasteiger partial charge in [0.25, 0.3) is 0 Å². The maximum Gasteiger partial charge on any atom is 0.336 e. The van der Waals surface area contributed by atoms with E-state index in [1.54, 1.807) is 20.8 Å². The van der Waals surface area contributed by atoms with Gasteiger partial charge in [0.05, 0.1) is 31.0 Å². The van der Waals surface area contributed by atoms with Gasteiger partial charge in [-0.15, -0.1) is 0 Å². The van der Waals surface area contributed by atoms with E-state index in [2.05, 4.69) is 5.32 Å². The molecule has 0 amide bonds. The van der Waals surface area contributed by atoms with Gasteiger partial charge in [0.2, 0.25) is 0 Å². The molecule has 0 radical (unpaired) electrons. The molecule has 0 atom stereocenters. The van der Waals surface area contributed by atoms with Crippen LogP contribution in [0.3, 0.4) is 0 Å².